The van der Waals surface area contributed by atoms with Crippen molar-refractivity contribution in [3.8, 4) is 0 Å². The van der Waals surface area contributed by atoms with E-state index in [9.17, 15) is 0 Å². The summed E-state index contributed by atoms with van der Waals surface area (Å²) >= 11 is 0. The summed E-state index contributed by atoms with van der Waals surface area (Å²) in [5.41, 5.74) is -0.0275. The van der Waals surface area contributed by atoms with Crippen LogP contribution in [-0.2, 0) is 9.47 Å². The molecule has 0 unspecified atom stereocenters. The molecule has 1 aliphatic carbocycles. The van der Waals surface area contributed by atoms with Crippen molar-refractivity contribution >= 4 is 0 Å². The number of hydrogen-bond acceptors (Lipinski definition) is 3. The molecule has 1 fully saturated rings. The van der Waals surface area contributed by atoms with Crippen LogP contribution >= 0.6 is 0 Å². The zero-order valence-corrected chi connectivity index (χ0v) is 11.8. The molecule has 3 nitrogen and oxygen atoms in total. The third-order valence-electron chi connectivity index (χ3n) is 3.00. The van der Waals surface area contributed by atoms with Gasteiger partial charge in [0.25, 0.3) is 0 Å². The standard InChI is InChI=1S/C14H29NO2/c1-14(2,3)17-12-10-15-9-11-16-13-7-5-4-6-8-13/h13,15H,4-12H2,1-3H3. The van der Waals surface area contributed by atoms with E-state index in [0.29, 0.717) is 6.10 Å². The highest BCUT2D eigenvalue weighted by Crippen LogP contribution is 2.19. The molecule has 0 atom stereocenters. The first-order chi connectivity index (χ1) is 8.08. The van der Waals surface area contributed by atoms with Gasteiger partial charge in [-0.1, -0.05) is 19.3 Å². The molecule has 1 aliphatic rings. The van der Waals surface area contributed by atoms with Gasteiger partial charge >= 0.3 is 0 Å². The minimum Gasteiger partial charge on any atom is -0.377 e. The summed E-state index contributed by atoms with van der Waals surface area (Å²) in [6.45, 7) is 9.69. The van der Waals surface area contributed by atoms with Crippen molar-refractivity contribution in [2.24, 2.45) is 0 Å². The summed E-state index contributed by atoms with van der Waals surface area (Å²) in [7, 11) is 0. The van der Waals surface area contributed by atoms with Crippen LogP contribution in [0.3, 0.4) is 0 Å². The lowest BCUT2D eigenvalue weighted by Crippen LogP contribution is -2.29. The van der Waals surface area contributed by atoms with Crippen LogP contribution in [0, 0.1) is 0 Å². The van der Waals surface area contributed by atoms with Gasteiger partial charge in [-0.3, -0.25) is 0 Å². The molecule has 0 aromatic rings. The highest BCUT2D eigenvalue weighted by atomic mass is 16.5. The van der Waals surface area contributed by atoms with Gasteiger partial charge in [-0.05, 0) is 33.6 Å². The Hall–Kier alpha value is -0.120. The van der Waals surface area contributed by atoms with Crippen LogP contribution in [0.2, 0.25) is 0 Å². The van der Waals surface area contributed by atoms with E-state index in [1.54, 1.807) is 0 Å². The third kappa shape index (κ3) is 8.58. The fourth-order valence-electron chi connectivity index (χ4n) is 2.08. The normalized spacial score (nSPS) is 18.5. The number of hydrogen-bond donors (Lipinski definition) is 1. The summed E-state index contributed by atoms with van der Waals surface area (Å²) in [5.74, 6) is 0. The lowest BCUT2D eigenvalue weighted by Gasteiger charge is -2.22. The summed E-state index contributed by atoms with van der Waals surface area (Å²) in [4.78, 5) is 0. The molecule has 17 heavy (non-hydrogen) atoms. The fraction of sp³-hybridized carbons (Fsp3) is 1.00. The van der Waals surface area contributed by atoms with E-state index < -0.39 is 0 Å². The molecule has 0 saturated heterocycles. The second kappa shape index (κ2) is 8.06. The van der Waals surface area contributed by atoms with Crippen molar-refractivity contribution in [2.45, 2.75) is 64.6 Å². The van der Waals surface area contributed by atoms with Crippen LogP contribution in [-0.4, -0.2) is 38.0 Å². The first kappa shape index (κ1) is 14.9. The number of rotatable bonds is 7. The topological polar surface area (TPSA) is 30.5 Å². The molecule has 3 heteroatoms. The van der Waals surface area contributed by atoms with Gasteiger partial charge in [-0.2, -0.15) is 0 Å². The molecular weight excluding hydrogens is 214 g/mol. The molecule has 0 spiro atoms. The van der Waals surface area contributed by atoms with E-state index in [1.807, 2.05) is 0 Å². The smallest absolute Gasteiger partial charge is 0.0599 e. The minimum absolute atomic E-state index is 0.0275. The van der Waals surface area contributed by atoms with Gasteiger partial charge in [0.1, 0.15) is 0 Å². The Kier molecular flexibility index (Phi) is 7.09. The minimum atomic E-state index is -0.0275. The Morgan fingerprint density at radius 1 is 1.00 bits per heavy atom. The average molecular weight is 243 g/mol. The summed E-state index contributed by atoms with van der Waals surface area (Å²) in [6, 6.07) is 0. The van der Waals surface area contributed by atoms with E-state index in [4.69, 9.17) is 9.47 Å². The van der Waals surface area contributed by atoms with Gasteiger partial charge in [0, 0.05) is 13.1 Å². The monoisotopic (exact) mass is 243 g/mol. The van der Waals surface area contributed by atoms with Crippen LogP contribution in [0.25, 0.3) is 0 Å². The maximum Gasteiger partial charge on any atom is 0.0599 e. The molecule has 1 rings (SSSR count). The van der Waals surface area contributed by atoms with Gasteiger partial charge in [-0.15, -0.1) is 0 Å². The second-order valence-corrected chi connectivity index (χ2v) is 5.84. The zero-order chi connectivity index (χ0) is 12.6. The van der Waals surface area contributed by atoms with E-state index in [0.717, 1.165) is 26.3 Å². The molecular formula is C14H29NO2. The number of nitrogens with one attached hydrogen (secondary N) is 1. The Bertz CT molecular complexity index is 183. The molecule has 0 radical (unpaired) electrons. The summed E-state index contributed by atoms with van der Waals surface area (Å²) < 4.78 is 11.4. The lowest BCUT2D eigenvalue weighted by atomic mass is 9.98. The SMILES string of the molecule is CC(C)(C)OCCNCCOC1CCCCC1. The Labute approximate surface area is 106 Å². The van der Waals surface area contributed by atoms with Crippen LogP contribution in [0.4, 0.5) is 0 Å². The van der Waals surface area contributed by atoms with E-state index in [2.05, 4.69) is 26.1 Å². The summed E-state index contributed by atoms with van der Waals surface area (Å²) in [6.07, 6.45) is 7.12. The third-order valence-corrected chi connectivity index (χ3v) is 3.00. The predicted molar refractivity (Wildman–Crippen MR) is 71.4 cm³/mol. The molecule has 102 valence electrons. The molecule has 0 aromatic carbocycles. The van der Waals surface area contributed by atoms with E-state index >= 15 is 0 Å². The lowest BCUT2D eigenvalue weighted by molar-refractivity contribution is -0.00292. The average Bonchev–Trinajstić information content (AvgIpc) is 2.28. The highest BCUT2D eigenvalue weighted by Gasteiger charge is 2.13. The van der Waals surface area contributed by atoms with Crippen LogP contribution in [0.1, 0.15) is 52.9 Å². The van der Waals surface area contributed by atoms with Gasteiger partial charge in [0.05, 0.1) is 24.9 Å². The van der Waals surface area contributed by atoms with Crippen molar-refractivity contribution in [3.63, 3.8) is 0 Å². The van der Waals surface area contributed by atoms with Crippen LogP contribution in [0.15, 0.2) is 0 Å². The maximum absolute atomic E-state index is 5.83. The largest absolute Gasteiger partial charge is 0.377 e. The molecule has 0 heterocycles. The Morgan fingerprint density at radius 2 is 1.65 bits per heavy atom. The van der Waals surface area contributed by atoms with Gasteiger partial charge in [0.15, 0.2) is 0 Å². The molecule has 1 saturated carbocycles. The predicted octanol–water partition coefficient (Wildman–Crippen LogP) is 2.74. The molecule has 0 aromatic heterocycles. The fourth-order valence-corrected chi connectivity index (χ4v) is 2.08. The maximum atomic E-state index is 5.83. The molecule has 0 amide bonds. The van der Waals surface area contributed by atoms with Gasteiger partial charge in [0.2, 0.25) is 0 Å². The second-order valence-electron chi connectivity index (χ2n) is 5.84. The van der Waals surface area contributed by atoms with Crippen molar-refractivity contribution in [1.82, 2.24) is 5.32 Å². The van der Waals surface area contributed by atoms with Crippen LogP contribution in [0.5, 0.6) is 0 Å². The highest BCUT2D eigenvalue weighted by molar-refractivity contribution is 4.65. The van der Waals surface area contributed by atoms with Crippen LogP contribution < -0.4 is 5.32 Å². The Balaban J connectivity index is 1.84. The van der Waals surface area contributed by atoms with Crippen molar-refractivity contribution in [2.75, 3.05) is 26.3 Å². The van der Waals surface area contributed by atoms with Crippen molar-refractivity contribution in [3.05, 3.63) is 0 Å². The first-order valence-corrected chi connectivity index (χ1v) is 7.04. The molecule has 1 N–H and O–H groups in total. The van der Waals surface area contributed by atoms with Crippen molar-refractivity contribution < 1.29 is 9.47 Å². The van der Waals surface area contributed by atoms with Crippen molar-refractivity contribution in [1.29, 1.82) is 0 Å². The summed E-state index contributed by atoms with van der Waals surface area (Å²) in [5, 5.41) is 3.35. The van der Waals surface area contributed by atoms with E-state index in [-0.39, 0.29) is 5.60 Å². The first-order valence-electron chi connectivity index (χ1n) is 7.04. The Morgan fingerprint density at radius 3 is 2.29 bits per heavy atom. The number of ether oxygens (including phenoxy) is 2. The van der Waals surface area contributed by atoms with E-state index in [1.165, 1.54) is 32.1 Å². The van der Waals surface area contributed by atoms with Gasteiger partial charge in [-0.25, -0.2) is 0 Å². The quantitative estimate of drug-likeness (QED) is 0.697. The van der Waals surface area contributed by atoms with Gasteiger partial charge < -0.3 is 14.8 Å². The zero-order valence-electron chi connectivity index (χ0n) is 11.8. The molecule has 0 aliphatic heterocycles. The molecule has 0 bridgehead atoms.